The number of carbonyl (C=O) groups is 1. The number of benzene rings is 3. The quantitative estimate of drug-likeness (QED) is 0.670. The number of rotatable bonds is 5. The second-order valence-corrected chi connectivity index (χ2v) is 8.72. The maximum absolute atomic E-state index is 13.7. The van der Waals surface area contributed by atoms with Crippen molar-refractivity contribution in [3.63, 3.8) is 0 Å². The van der Waals surface area contributed by atoms with E-state index in [9.17, 15) is 17.6 Å². The van der Waals surface area contributed by atoms with Crippen molar-refractivity contribution in [2.45, 2.75) is 18.7 Å². The molecule has 0 aliphatic carbocycles. The van der Waals surface area contributed by atoms with E-state index < -0.39 is 21.7 Å². The third-order valence-electron chi connectivity index (χ3n) is 4.58. The van der Waals surface area contributed by atoms with Gasteiger partial charge >= 0.3 is 0 Å². The number of hydrogen-bond donors (Lipinski definition) is 1. The van der Waals surface area contributed by atoms with Gasteiger partial charge in [-0.1, -0.05) is 29.8 Å². The number of amides is 1. The molecule has 1 amide bonds. The predicted molar refractivity (Wildman–Crippen MR) is 112 cm³/mol. The van der Waals surface area contributed by atoms with Crippen molar-refractivity contribution in [1.82, 2.24) is 0 Å². The fourth-order valence-electron chi connectivity index (χ4n) is 2.72. The molecule has 0 aliphatic heterocycles. The lowest BCUT2D eigenvalue weighted by atomic mass is 10.2. The Balaban J connectivity index is 1.86. The van der Waals surface area contributed by atoms with E-state index in [0.717, 1.165) is 5.56 Å². The maximum atomic E-state index is 13.7. The molecule has 0 radical (unpaired) electrons. The van der Waals surface area contributed by atoms with Crippen LogP contribution in [0, 0.1) is 19.7 Å². The molecule has 0 aromatic heterocycles. The van der Waals surface area contributed by atoms with Crippen LogP contribution in [-0.2, 0) is 10.0 Å². The summed E-state index contributed by atoms with van der Waals surface area (Å²) in [7, 11) is -2.39. The first-order chi connectivity index (χ1) is 13.7. The van der Waals surface area contributed by atoms with Gasteiger partial charge in [0.2, 0.25) is 0 Å². The van der Waals surface area contributed by atoms with E-state index in [-0.39, 0.29) is 10.5 Å². The highest BCUT2D eigenvalue weighted by Gasteiger charge is 2.22. The van der Waals surface area contributed by atoms with Crippen LogP contribution in [0.2, 0.25) is 0 Å². The number of aryl methyl sites for hydroxylation is 2. The van der Waals surface area contributed by atoms with Gasteiger partial charge in [0.25, 0.3) is 15.9 Å². The number of halogens is 1. The summed E-state index contributed by atoms with van der Waals surface area (Å²) < 4.78 is 40.8. The Bertz CT molecular complexity index is 1160. The average molecular weight is 412 g/mol. The summed E-state index contributed by atoms with van der Waals surface area (Å²) in [6.07, 6.45) is 0. The molecule has 0 saturated carbocycles. The Morgan fingerprint density at radius 2 is 1.66 bits per heavy atom. The molecule has 0 heterocycles. The van der Waals surface area contributed by atoms with E-state index in [1.807, 2.05) is 19.1 Å². The molecule has 3 aromatic carbocycles. The van der Waals surface area contributed by atoms with Crippen LogP contribution < -0.4 is 9.62 Å². The second-order valence-electron chi connectivity index (χ2n) is 6.75. The molecular formula is C22H21FN2O3S. The molecule has 3 aromatic rings. The monoisotopic (exact) mass is 412 g/mol. The Morgan fingerprint density at radius 3 is 2.31 bits per heavy atom. The fourth-order valence-corrected chi connectivity index (χ4v) is 3.97. The van der Waals surface area contributed by atoms with Gasteiger partial charge in [-0.15, -0.1) is 0 Å². The van der Waals surface area contributed by atoms with Gasteiger partial charge in [0.15, 0.2) is 0 Å². The van der Waals surface area contributed by atoms with E-state index in [2.05, 4.69) is 5.32 Å². The molecule has 0 atom stereocenters. The Hall–Kier alpha value is -3.19. The molecule has 0 bridgehead atoms. The number of sulfonamides is 1. The zero-order valence-electron chi connectivity index (χ0n) is 16.3. The van der Waals surface area contributed by atoms with Crippen molar-refractivity contribution in [2.75, 3.05) is 16.7 Å². The van der Waals surface area contributed by atoms with Gasteiger partial charge in [0.1, 0.15) is 5.82 Å². The van der Waals surface area contributed by atoms with Crippen molar-refractivity contribution in [2.24, 2.45) is 0 Å². The molecular weight excluding hydrogens is 391 g/mol. The van der Waals surface area contributed by atoms with E-state index in [0.29, 0.717) is 16.9 Å². The summed E-state index contributed by atoms with van der Waals surface area (Å²) in [5.41, 5.74) is 2.45. The van der Waals surface area contributed by atoms with Crippen LogP contribution in [0.3, 0.4) is 0 Å². The molecule has 0 fully saturated rings. The summed E-state index contributed by atoms with van der Waals surface area (Å²) in [5, 5.41) is 2.58. The van der Waals surface area contributed by atoms with Crippen molar-refractivity contribution < 1.29 is 17.6 Å². The smallest absolute Gasteiger partial charge is 0.264 e. The Kier molecular flexibility index (Phi) is 5.70. The number of anilines is 2. The summed E-state index contributed by atoms with van der Waals surface area (Å²) in [6, 6.07) is 17.2. The average Bonchev–Trinajstić information content (AvgIpc) is 2.71. The summed E-state index contributed by atoms with van der Waals surface area (Å²) in [4.78, 5) is 12.5. The SMILES string of the molecule is Cc1ccc(N(C)S(=O)(=O)c2cccc(C(=O)Nc3ccc(C)c(F)c3)c2)cc1. The zero-order chi connectivity index (χ0) is 21.2. The highest BCUT2D eigenvalue weighted by molar-refractivity contribution is 7.92. The molecule has 0 saturated heterocycles. The minimum atomic E-state index is -3.85. The lowest BCUT2D eigenvalue weighted by Gasteiger charge is -2.20. The van der Waals surface area contributed by atoms with E-state index >= 15 is 0 Å². The van der Waals surface area contributed by atoms with Gasteiger partial charge in [-0.2, -0.15) is 0 Å². The normalized spacial score (nSPS) is 11.2. The topological polar surface area (TPSA) is 66.5 Å². The number of carbonyl (C=O) groups excluding carboxylic acids is 1. The maximum Gasteiger partial charge on any atom is 0.264 e. The molecule has 3 rings (SSSR count). The van der Waals surface area contributed by atoms with Crippen molar-refractivity contribution >= 4 is 27.3 Å². The predicted octanol–water partition coefficient (Wildman–Crippen LogP) is 4.52. The highest BCUT2D eigenvalue weighted by Crippen LogP contribution is 2.23. The summed E-state index contributed by atoms with van der Waals surface area (Å²) in [5.74, 6) is -0.956. The first kappa shape index (κ1) is 20.5. The number of hydrogen-bond acceptors (Lipinski definition) is 3. The molecule has 5 nitrogen and oxygen atoms in total. The van der Waals surface area contributed by atoms with Crippen molar-refractivity contribution in [3.8, 4) is 0 Å². The summed E-state index contributed by atoms with van der Waals surface area (Å²) >= 11 is 0. The summed E-state index contributed by atoms with van der Waals surface area (Å²) in [6.45, 7) is 3.54. The van der Waals surface area contributed by atoms with Crippen LogP contribution in [0.1, 0.15) is 21.5 Å². The van der Waals surface area contributed by atoms with Crippen LogP contribution in [0.4, 0.5) is 15.8 Å². The van der Waals surface area contributed by atoms with Gasteiger partial charge in [-0.3, -0.25) is 9.10 Å². The van der Waals surface area contributed by atoms with Crippen LogP contribution in [-0.4, -0.2) is 21.4 Å². The van der Waals surface area contributed by atoms with Crippen LogP contribution in [0.5, 0.6) is 0 Å². The Morgan fingerprint density at radius 1 is 0.966 bits per heavy atom. The van der Waals surface area contributed by atoms with E-state index in [4.69, 9.17) is 0 Å². The van der Waals surface area contributed by atoms with E-state index in [1.54, 1.807) is 31.2 Å². The van der Waals surface area contributed by atoms with Gasteiger partial charge in [0.05, 0.1) is 10.6 Å². The third kappa shape index (κ3) is 4.46. The molecule has 0 aliphatic rings. The van der Waals surface area contributed by atoms with Gasteiger partial charge in [-0.25, -0.2) is 12.8 Å². The molecule has 0 spiro atoms. The first-order valence-electron chi connectivity index (χ1n) is 8.91. The highest BCUT2D eigenvalue weighted by atomic mass is 32.2. The van der Waals surface area contributed by atoms with Gasteiger partial charge in [-0.05, 0) is 61.9 Å². The molecule has 150 valence electrons. The van der Waals surface area contributed by atoms with Crippen LogP contribution in [0.25, 0.3) is 0 Å². The fraction of sp³-hybridized carbons (Fsp3) is 0.136. The lowest BCUT2D eigenvalue weighted by Crippen LogP contribution is -2.26. The van der Waals surface area contributed by atoms with Crippen LogP contribution >= 0.6 is 0 Å². The van der Waals surface area contributed by atoms with Crippen molar-refractivity contribution in [3.05, 3.63) is 89.2 Å². The van der Waals surface area contributed by atoms with E-state index in [1.165, 1.54) is 41.7 Å². The number of nitrogens with one attached hydrogen (secondary N) is 1. The standard InChI is InChI=1S/C22H21FN2O3S/c1-15-7-11-19(12-8-15)25(3)29(27,28)20-6-4-5-17(13-20)22(26)24-18-10-9-16(2)21(23)14-18/h4-14H,1-3H3,(H,24,26). The van der Waals surface area contributed by atoms with Crippen LogP contribution in [0.15, 0.2) is 71.6 Å². The molecule has 1 N–H and O–H groups in total. The molecule has 29 heavy (non-hydrogen) atoms. The van der Waals surface area contributed by atoms with Gasteiger partial charge in [0, 0.05) is 18.3 Å². The minimum absolute atomic E-state index is 0.0108. The number of nitrogens with zero attached hydrogens (tertiary/aromatic N) is 1. The Labute approximate surface area is 169 Å². The second kappa shape index (κ2) is 8.05. The minimum Gasteiger partial charge on any atom is -0.322 e. The van der Waals surface area contributed by atoms with Gasteiger partial charge < -0.3 is 5.32 Å². The molecule has 7 heteroatoms. The lowest BCUT2D eigenvalue weighted by molar-refractivity contribution is 0.102. The third-order valence-corrected chi connectivity index (χ3v) is 6.36. The zero-order valence-corrected chi connectivity index (χ0v) is 17.1. The molecule has 0 unspecified atom stereocenters. The van der Waals surface area contributed by atoms with Crippen molar-refractivity contribution in [1.29, 1.82) is 0 Å². The largest absolute Gasteiger partial charge is 0.322 e. The first-order valence-corrected chi connectivity index (χ1v) is 10.4.